The predicted octanol–water partition coefficient (Wildman–Crippen LogP) is 3.19. The number of halogens is 2. The van der Waals surface area contributed by atoms with E-state index < -0.39 is 6.03 Å². The van der Waals surface area contributed by atoms with Crippen LogP contribution in [-0.2, 0) is 6.54 Å². The van der Waals surface area contributed by atoms with Gasteiger partial charge in [-0.15, -0.1) is 0 Å². The Labute approximate surface area is 99.6 Å². The van der Waals surface area contributed by atoms with Crippen molar-refractivity contribution in [2.24, 2.45) is 5.73 Å². The Morgan fingerprint density at radius 1 is 1.40 bits per heavy atom. The Morgan fingerprint density at radius 3 is 2.53 bits per heavy atom. The minimum Gasteiger partial charge on any atom is -0.352 e. The molecule has 0 radical (unpaired) electrons. The Kier molecular flexibility index (Phi) is 6.92. The van der Waals surface area contributed by atoms with Gasteiger partial charge in [-0.1, -0.05) is 37.0 Å². The van der Waals surface area contributed by atoms with E-state index in [1.807, 2.05) is 13.8 Å². The van der Waals surface area contributed by atoms with Gasteiger partial charge < -0.3 is 11.1 Å². The molecule has 0 aromatic heterocycles. The van der Waals surface area contributed by atoms with Gasteiger partial charge in [-0.25, -0.2) is 4.79 Å². The minimum atomic E-state index is -0.587. The van der Waals surface area contributed by atoms with E-state index in [2.05, 4.69) is 5.32 Å². The van der Waals surface area contributed by atoms with Crippen molar-refractivity contribution in [2.45, 2.75) is 20.4 Å². The molecule has 1 aromatic rings. The van der Waals surface area contributed by atoms with Gasteiger partial charge in [-0.05, 0) is 23.8 Å². The van der Waals surface area contributed by atoms with Crippen LogP contribution in [0.2, 0.25) is 10.0 Å². The first-order chi connectivity index (χ1) is 7.09. The SMILES string of the molecule is CC.NC(=O)NCc1cc(Cl)ccc1Cl. The van der Waals surface area contributed by atoms with Gasteiger partial charge in [-0.2, -0.15) is 0 Å². The molecule has 15 heavy (non-hydrogen) atoms. The standard InChI is InChI=1S/C8H8Cl2N2O.C2H6/c9-6-1-2-7(10)5(3-6)4-12-8(11)13;1-2/h1-3H,4H2,(H3,11,12,13);1-2H3. The number of amides is 2. The highest BCUT2D eigenvalue weighted by Crippen LogP contribution is 2.20. The zero-order valence-corrected chi connectivity index (χ0v) is 10.2. The predicted molar refractivity (Wildman–Crippen MR) is 64.2 cm³/mol. The summed E-state index contributed by atoms with van der Waals surface area (Å²) in [7, 11) is 0. The van der Waals surface area contributed by atoms with Crippen molar-refractivity contribution in [1.29, 1.82) is 0 Å². The van der Waals surface area contributed by atoms with Crippen molar-refractivity contribution in [1.82, 2.24) is 5.32 Å². The molecule has 0 atom stereocenters. The molecule has 1 rings (SSSR count). The summed E-state index contributed by atoms with van der Waals surface area (Å²) in [5, 5.41) is 3.55. The van der Waals surface area contributed by atoms with E-state index in [9.17, 15) is 4.79 Å². The lowest BCUT2D eigenvalue weighted by Crippen LogP contribution is -2.28. The van der Waals surface area contributed by atoms with Crippen molar-refractivity contribution in [3.8, 4) is 0 Å². The molecule has 0 aliphatic carbocycles. The maximum Gasteiger partial charge on any atom is 0.312 e. The Hall–Kier alpha value is -0.930. The monoisotopic (exact) mass is 248 g/mol. The average molecular weight is 249 g/mol. The number of rotatable bonds is 2. The molecule has 0 heterocycles. The molecular formula is C10H14Cl2N2O. The molecule has 0 saturated carbocycles. The second-order valence-electron chi connectivity index (χ2n) is 2.45. The van der Waals surface area contributed by atoms with Crippen molar-refractivity contribution in [2.75, 3.05) is 0 Å². The van der Waals surface area contributed by atoms with E-state index in [4.69, 9.17) is 28.9 Å². The number of nitrogens with two attached hydrogens (primary N) is 1. The Morgan fingerprint density at radius 2 is 2.00 bits per heavy atom. The fraction of sp³-hybridized carbons (Fsp3) is 0.300. The molecule has 0 aliphatic rings. The molecule has 0 saturated heterocycles. The number of urea groups is 1. The molecule has 3 N–H and O–H groups in total. The molecule has 5 heteroatoms. The summed E-state index contributed by atoms with van der Waals surface area (Å²) >= 11 is 11.6. The zero-order chi connectivity index (χ0) is 11.8. The average Bonchev–Trinajstić information content (AvgIpc) is 2.22. The molecule has 3 nitrogen and oxygen atoms in total. The van der Waals surface area contributed by atoms with E-state index in [0.29, 0.717) is 10.0 Å². The van der Waals surface area contributed by atoms with Crippen LogP contribution < -0.4 is 11.1 Å². The van der Waals surface area contributed by atoms with Crippen LogP contribution in [0, 0.1) is 0 Å². The second kappa shape index (κ2) is 7.37. The highest BCUT2D eigenvalue weighted by atomic mass is 35.5. The van der Waals surface area contributed by atoms with Crippen LogP contribution in [0.3, 0.4) is 0 Å². The molecule has 1 aromatic carbocycles. The molecular weight excluding hydrogens is 235 g/mol. The second-order valence-corrected chi connectivity index (χ2v) is 3.30. The smallest absolute Gasteiger partial charge is 0.312 e. The highest BCUT2D eigenvalue weighted by Gasteiger charge is 2.01. The number of nitrogens with one attached hydrogen (secondary N) is 1. The van der Waals surface area contributed by atoms with Crippen LogP contribution >= 0.6 is 23.2 Å². The van der Waals surface area contributed by atoms with Crippen LogP contribution in [0.4, 0.5) is 4.79 Å². The molecule has 2 amide bonds. The van der Waals surface area contributed by atoms with Crippen LogP contribution in [0.5, 0.6) is 0 Å². The molecule has 0 unspecified atom stereocenters. The van der Waals surface area contributed by atoms with Gasteiger partial charge in [0.25, 0.3) is 0 Å². The maximum atomic E-state index is 10.4. The largest absolute Gasteiger partial charge is 0.352 e. The fourth-order valence-electron chi connectivity index (χ4n) is 0.861. The first kappa shape index (κ1) is 14.1. The van der Waals surface area contributed by atoms with Crippen molar-refractivity contribution in [3.63, 3.8) is 0 Å². The lowest BCUT2D eigenvalue weighted by atomic mass is 10.2. The summed E-state index contributed by atoms with van der Waals surface area (Å²) < 4.78 is 0. The normalized spacial score (nSPS) is 8.80. The third-order valence-electron chi connectivity index (χ3n) is 1.46. The molecule has 0 aliphatic heterocycles. The Balaban J connectivity index is 0.000000921. The quantitative estimate of drug-likeness (QED) is 0.830. The number of hydrogen-bond donors (Lipinski definition) is 2. The lowest BCUT2D eigenvalue weighted by Gasteiger charge is -2.04. The fourth-order valence-corrected chi connectivity index (χ4v) is 1.24. The van der Waals surface area contributed by atoms with Crippen LogP contribution in [0.15, 0.2) is 18.2 Å². The summed E-state index contributed by atoms with van der Waals surface area (Å²) in [6, 6.07) is 4.44. The van der Waals surface area contributed by atoms with E-state index >= 15 is 0 Å². The number of primary amides is 1. The van der Waals surface area contributed by atoms with E-state index in [1.54, 1.807) is 18.2 Å². The van der Waals surface area contributed by atoms with Crippen molar-refractivity contribution >= 4 is 29.2 Å². The molecule has 0 bridgehead atoms. The summed E-state index contributed by atoms with van der Waals surface area (Å²) in [5.41, 5.74) is 5.65. The van der Waals surface area contributed by atoms with Crippen LogP contribution in [0.1, 0.15) is 19.4 Å². The van der Waals surface area contributed by atoms with Crippen LogP contribution in [0.25, 0.3) is 0 Å². The minimum absolute atomic E-state index is 0.286. The van der Waals surface area contributed by atoms with Crippen molar-refractivity contribution < 1.29 is 4.79 Å². The Bertz CT molecular complexity index is 329. The summed E-state index contributed by atoms with van der Waals surface area (Å²) in [5.74, 6) is 0. The molecule has 0 spiro atoms. The zero-order valence-electron chi connectivity index (χ0n) is 8.68. The van der Waals surface area contributed by atoms with Gasteiger partial charge in [0.15, 0.2) is 0 Å². The van der Waals surface area contributed by atoms with Gasteiger partial charge in [0, 0.05) is 16.6 Å². The van der Waals surface area contributed by atoms with Crippen LogP contribution in [-0.4, -0.2) is 6.03 Å². The van der Waals surface area contributed by atoms with Gasteiger partial charge in [0.1, 0.15) is 0 Å². The van der Waals surface area contributed by atoms with E-state index in [0.717, 1.165) is 5.56 Å². The summed E-state index contributed by atoms with van der Waals surface area (Å²) in [6.45, 7) is 4.29. The number of benzene rings is 1. The maximum absolute atomic E-state index is 10.4. The molecule has 0 fully saturated rings. The number of carbonyl (C=O) groups excluding carboxylic acids is 1. The number of carbonyl (C=O) groups is 1. The van der Waals surface area contributed by atoms with E-state index in [-0.39, 0.29) is 6.54 Å². The first-order valence-corrected chi connectivity index (χ1v) is 5.32. The third-order valence-corrected chi connectivity index (χ3v) is 2.06. The first-order valence-electron chi connectivity index (χ1n) is 4.57. The van der Waals surface area contributed by atoms with E-state index in [1.165, 1.54) is 0 Å². The summed E-state index contributed by atoms with van der Waals surface area (Å²) in [4.78, 5) is 10.4. The summed E-state index contributed by atoms with van der Waals surface area (Å²) in [6.07, 6.45) is 0. The van der Waals surface area contributed by atoms with Crippen molar-refractivity contribution in [3.05, 3.63) is 33.8 Å². The van der Waals surface area contributed by atoms with Gasteiger partial charge in [0.2, 0.25) is 0 Å². The highest BCUT2D eigenvalue weighted by molar-refractivity contribution is 6.33. The third kappa shape index (κ3) is 5.50. The van der Waals surface area contributed by atoms with Gasteiger partial charge in [-0.3, -0.25) is 0 Å². The lowest BCUT2D eigenvalue weighted by molar-refractivity contribution is 0.248. The van der Waals surface area contributed by atoms with Gasteiger partial charge >= 0.3 is 6.03 Å². The topological polar surface area (TPSA) is 55.1 Å². The number of hydrogen-bond acceptors (Lipinski definition) is 1. The molecule has 84 valence electrons. The van der Waals surface area contributed by atoms with Gasteiger partial charge in [0.05, 0.1) is 0 Å².